The summed E-state index contributed by atoms with van der Waals surface area (Å²) in [6.45, 7) is 1.90. The summed E-state index contributed by atoms with van der Waals surface area (Å²) < 4.78 is 5.35. The zero-order valence-electron chi connectivity index (χ0n) is 12.4. The van der Waals surface area contributed by atoms with Gasteiger partial charge < -0.3 is 9.63 Å². The molecule has 6 heteroatoms. The average Bonchev–Trinajstić information content (AvgIpc) is 2.98. The molecule has 3 rings (SSSR count). The highest BCUT2D eigenvalue weighted by atomic mass is 35.5. The summed E-state index contributed by atoms with van der Waals surface area (Å²) in [6, 6.07) is 7.80. The molecule has 2 aromatic rings. The Balaban J connectivity index is 1.71. The number of likely N-dealkylation sites (tertiary alicyclic amines) is 1. The fourth-order valence-corrected chi connectivity index (χ4v) is 3.17. The third-order valence-electron chi connectivity index (χ3n) is 4.10. The fourth-order valence-electron chi connectivity index (χ4n) is 2.98. The van der Waals surface area contributed by atoms with Crippen molar-refractivity contribution in [3.8, 4) is 11.5 Å². The average molecular weight is 322 g/mol. The van der Waals surface area contributed by atoms with Crippen LogP contribution in [0.15, 0.2) is 28.8 Å². The van der Waals surface area contributed by atoms with E-state index < -0.39 is 0 Å². The van der Waals surface area contributed by atoms with Crippen LogP contribution in [0.3, 0.4) is 0 Å². The Morgan fingerprint density at radius 2 is 2.27 bits per heavy atom. The summed E-state index contributed by atoms with van der Waals surface area (Å²) >= 11 is 5.99. The predicted molar refractivity (Wildman–Crippen MR) is 84.5 cm³/mol. The van der Waals surface area contributed by atoms with E-state index in [0.717, 1.165) is 24.9 Å². The van der Waals surface area contributed by atoms with Crippen LogP contribution in [0.5, 0.6) is 0 Å². The Kier molecular flexibility index (Phi) is 5.08. The van der Waals surface area contributed by atoms with Crippen molar-refractivity contribution in [3.05, 3.63) is 35.1 Å². The maximum atomic E-state index is 9.19. The van der Waals surface area contributed by atoms with E-state index in [2.05, 4.69) is 15.0 Å². The van der Waals surface area contributed by atoms with E-state index in [1.54, 1.807) is 0 Å². The Morgan fingerprint density at radius 1 is 1.36 bits per heavy atom. The minimum atomic E-state index is 0.223. The highest BCUT2D eigenvalue weighted by molar-refractivity contribution is 6.30. The van der Waals surface area contributed by atoms with Gasteiger partial charge in [0.15, 0.2) is 5.82 Å². The predicted octanol–water partition coefficient (Wildman–Crippen LogP) is 3.13. The number of aromatic nitrogens is 2. The molecule has 0 spiro atoms. The van der Waals surface area contributed by atoms with E-state index in [-0.39, 0.29) is 6.61 Å². The molecular weight excluding hydrogens is 302 g/mol. The van der Waals surface area contributed by atoms with Gasteiger partial charge in [-0.3, -0.25) is 4.90 Å². The standard InChI is InChI=1S/C16H20ClN3O2/c17-13-5-3-4-12(10-13)16-18-15(19-22-16)11-20-8-2-1-6-14(20)7-9-21/h3-5,10,14,21H,1-2,6-9,11H2. The molecule has 0 radical (unpaired) electrons. The van der Waals surface area contributed by atoms with Crippen molar-refractivity contribution in [3.63, 3.8) is 0 Å². The fraction of sp³-hybridized carbons (Fsp3) is 0.500. The minimum Gasteiger partial charge on any atom is -0.396 e. The summed E-state index contributed by atoms with van der Waals surface area (Å²) in [6.07, 6.45) is 4.33. The first-order chi connectivity index (χ1) is 10.8. The molecule has 0 amide bonds. The number of rotatable bonds is 5. The van der Waals surface area contributed by atoms with Crippen molar-refractivity contribution in [2.45, 2.75) is 38.3 Å². The molecular formula is C16H20ClN3O2. The quantitative estimate of drug-likeness (QED) is 0.916. The lowest BCUT2D eigenvalue weighted by molar-refractivity contribution is 0.109. The van der Waals surface area contributed by atoms with E-state index in [0.29, 0.717) is 29.3 Å². The maximum absolute atomic E-state index is 9.19. The van der Waals surface area contributed by atoms with E-state index in [4.69, 9.17) is 16.1 Å². The molecule has 1 N–H and O–H groups in total. The summed E-state index contributed by atoms with van der Waals surface area (Å²) in [5, 5.41) is 13.9. The van der Waals surface area contributed by atoms with Crippen LogP contribution in [0, 0.1) is 0 Å². The van der Waals surface area contributed by atoms with Crippen LogP contribution < -0.4 is 0 Å². The molecule has 0 saturated carbocycles. The van der Waals surface area contributed by atoms with E-state index >= 15 is 0 Å². The summed E-state index contributed by atoms with van der Waals surface area (Å²) in [5.41, 5.74) is 0.830. The first-order valence-corrected chi connectivity index (χ1v) is 8.07. The normalized spacial score (nSPS) is 19.5. The Morgan fingerprint density at radius 3 is 3.09 bits per heavy atom. The van der Waals surface area contributed by atoms with Gasteiger partial charge >= 0.3 is 0 Å². The highest BCUT2D eigenvalue weighted by Crippen LogP contribution is 2.24. The van der Waals surface area contributed by atoms with Crippen molar-refractivity contribution in [2.75, 3.05) is 13.2 Å². The molecule has 1 atom stereocenters. The van der Waals surface area contributed by atoms with Crippen molar-refractivity contribution < 1.29 is 9.63 Å². The Hall–Kier alpha value is -1.43. The molecule has 1 aliphatic rings. The van der Waals surface area contributed by atoms with E-state index in [9.17, 15) is 5.11 Å². The van der Waals surface area contributed by atoms with Crippen LogP contribution in [0.25, 0.3) is 11.5 Å². The number of aliphatic hydroxyl groups is 1. The number of aliphatic hydroxyl groups excluding tert-OH is 1. The van der Waals surface area contributed by atoms with Crippen molar-refractivity contribution in [2.24, 2.45) is 0 Å². The van der Waals surface area contributed by atoms with Gasteiger partial charge in [0, 0.05) is 23.2 Å². The molecule has 5 nitrogen and oxygen atoms in total. The van der Waals surface area contributed by atoms with Crippen LogP contribution in [0.1, 0.15) is 31.5 Å². The number of halogens is 1. The smallest absolute Gasteiger partial charge is 0.258 e. The lowest BCUT2D eigenvalue weighted by atomic mass is 10.00. The van der Waals surface area contributed by atoms with Crippen LogP contribution in [0.4, 0.5) is 0 Å². The number of hydrogen-bond donors (Lipinski definition) is 1. The molecule has 2 heterocycles. The number of benzene rings is 1. The molecule has 1 aliphatic heterocycles. The molecule has 1 aromatic heterocycles. The molecule has 22 heavy (non-hydrogen) atoms. The number of hydrogen-bond acceptors (Lipinski definition) is 5. The summed E-state index contributed by atoms with van der Waals surface area (Å²) in [4.78, 5) is 6.81. The van der Waals surface area contributed by atoms with Gasteiger partial charge in [0.1, 0.15) is 0 Å². The monoisotopic (exact) mass is 321 g/mol. The third kappa shape index (κ3) is 3.66. The topological polar surface area (TPSA) is 62.4 Å². The second-order valence-electron chi connectivity index (χ2n) is 5.66. The van der Waals surface area contributed by atoms with Gasteiger partial charge in [-0.05, 0) is 44.0 Å². The Labute approximate surface area is 134 Å². The first kappa shape index (κ1) is 15.5. The van der Waals surface area contributed by atoms with Crippen LogP contribution in [0.2, 0.25) is 5.02 Å². The minimum absolute atomic E-state index is 0.223. The SMILES string of the molecule is OCCC1CCCCN1Cc1noc(-c2cccc(Cl)c2)n1. The second-order valence-corrected chi connectivity index (χ2v) is 6.09. The lowest BCUT2D eigenvalue weighted by Crippen LogP contribution is -2.39. The van der Waals surface area contributed by atoms with Crippen LogP contribution in [-0.4, -0.2) is 39.3 Å². The van der Waals surface area contributed by atoms with Gasteiger partial charge in [-0.15, -0.1) is 0 Å². The van der Waals surface area contributed by atoms with Crippen LogP contribution >= 0.6 is 11.6 Å². The molecule has 1 fully saturated rings. The highest BCUT2D eigenvalue weighted by Gasteiger charge is 2.23. The third-order valence-corrected chi connectivity index (χ3v) is 4.33. The van der Waals surface area contributed by atoms with Gasteiger partial charge in [0.2, 0.25) is 0 Å². The molecule has 0 aliphatic carbocycles. The molecule has 1 unspecified atom stereocenters. The zero-order valence-corrected chi connectivity index (χ0v) is 13.2. The van der Waals surface area contributed by atoms with Crippen molar-refractivity contribution >= 4 is 11.6 Å². The maximum Gasteiger partial charge on any atom is 0.258 e. The van der Waals surface area contributed by atoms with Gasteiger partial charge in [0.25, 0.3) is 5.89 Å². The first-order valence-electron chi connectivity index (χ1n) is 7.69. The van der Waals surface area contributed by atoms with Gasteiger partial charge in [0.05, 0.1) is 6.54 Å². The van der Waals surface area contributed by atoms with Crippen LogP contribution in [-0.2, 0) is 6.54 Å². The van der Waals surface area contributed by atoms with Crippen molar-refractivity contribution in [1.82, 2.24) is 15.0 Å². The number of nitrogens with zero attached hydrogens (tertiary/aromatic N) is 3. The molecule has 0 bridgehead atoms. The molecule has 1 aromatic carbocycles. The lowest BCUT2D eigenvalue weighted by Gasteiger charge is -2.34. The molecule has 118 valence electrons. The summed E-state index contributed by atoms with van der Waals surface area (Å²) in [5.74, 6) is 1.17. The number of piperidine rings is 1. The van der Waals surface area contributed by atoms with E-state index in [1.165, 1.54) is 12.8 Å². The van der Waals surface area contributed by atoms with Gasteiger partial charge in [-0.2, -0.15) is 4.98 Å². The zero-order chi connectivity index (χ0) is 15.4. The van der Waals surface area contributed by atoms with Crippen molar-refractivity contribution in [1.29, 1.82) is 0 Å². The molecule has 1 saturated heterocycles. The second kappa shape index (κ2) is 7.22. The van der Waals surface area contributed by atoms with E-state index in [1.807, 2.05) is 24.3 Å². The van der Waals surface area contributed by atoms with Gasteiger partial charge in [-0.1, -0.05) is 29.2 Å². The largest absolute Gasteiger partial charge is 0.396 e. The summed E-state index contributed by atoms with van der Waals surface area (Å²) in [7, 11) is 0. The Bertz CT molecular complexity index is 615. The van der Waals surface area contributed by atoms with Gasteiger partial charge in [-0.25, -0.2) is 0 Å².